The molecule has 0 aromatic heterocycles. The van der Waals surface area contributed by atoms with Crippen molar-refractivity contribution in [1.82, 2.24) is 5.32 Å². The lowest BCUT2D eigenvalue weighted by molar-refractivity contribution is -0.136. The lowest BCUT2D eigenvalue weighted by atomic mass is 10.1. The zero-order chi connectivity index (χ0) is 21.3. The van der Waals surface area contributed by atoms with Crippen LogP contribution >= 0.6 is 0 Å². The first kappa shape index (κ1) is 21.9. The van der Waals surface area contributed by atoms with Crippen LogP contribution in [0.25, 0.3) is 0 Å². The normalized spacial score (nSPS) is 14.1. The van der Waals surface area contributed by atoms with Gasteiger partial charge in [-0.15, -0.1) is 0 Å². The van der Waals surface area contributed by atoms with Crippen molar-refractivity contribution in [3.63, 3.8) is 0 Å². The average molecular weight is 408 g/mol. The molecule has 2 N–H and O–H groups in total. The Balaban J connectivity index is 1.41. The predicted molar refractivity (Wildman–Crippen MR) is 123 cm³/mol. The summed E-state index contributed by atoms with van der Waals surface area (Å²) in [5, 5.41) is 5.45. The standard InChI is InChI=1S/C25H33N3O2/c1-19-9-7-10-20(2)23(19)27-25(30)24(29)26-16-8-11-21-12-14-22(15-13-21)28-17-5-3-4-6-18-28/h7,9-10,12-15H,3-6,8,11,16-18H2,1-2H3,(H,26,29)(H,27,30). The highest BCUT2D eigenvalue weighted by atomic mass is 16.2. The largest absolute Gasteiger partial charge is 0.372 e. The van der Waals surface area contributed by atoms with Crippen LogP contribution < -0.4 is 15.5 Å². The summed E-state index contributed by atoms with van der Waals surface area (Å²) in [5.41, 5.74) is 5.15. The van der Waals surface area contributed by atoms with Crippen molar-refractivity contribution in [3.8, 4) is 0 Å². The minimum absolute atomic E-state index is 0.479. The second kappa shape index (κ2) is 10.8. The maximum atomic E-state index is 12.2. The molecule has 0 aliphatic carbocycles. The van der Waals surface area contributed by atoms with Crippen LogP contribution in [0.3, 0.4) is 0 Å². The Morgan fingerprint density at radius 1 is 0.867 bits per heavy atom. The van der Waals surface area contributed by atoms with Crippen molar-refractivity contribution >= 4 is 23.2 Å². The van der Waals surface area contributed by atoms with Crippen molar-refractivity contribution in [3.05, 3.63) is 59.2 Å². The number of carbonyl (C=O) groups excluding carboxylic acids is 2. The Labute approximate surface area is 179 Å². The van der Waals surface area contributed by atoms with E-state index in [4.69, 9.17) is 0 Å². The molecule has 0 radical (unpaired) electrons. The van der Waals surface area contributed by atoms with Gasteiger partial charge >= 0.3 is 11.8 Å². The molecular formula is C25H33N3O2. The van der Waals surface area contributed by atoms with Crippen LogP contribution in [-0.4, -0.2) is 31.4 Å². The van der Waals surface area contributed by atoms with E-state index in [9.17, 15) is 9.59 Å². The van der Waals surface area contributed by atoms with Gasteiger partial charge in [-0.1, -0.05) is 43.2 Å². The Morgan fingerprint density at radius 3 is 2.13 bits per heavy atom. The Kier molecular flexibility index (Phi) is 7.89. The molecule has 30 heavy (non-hydrogen) atoms. The lowest BCUT2D eigenvalue weighted by Crippen LogP contribution is -2.36. The molecule has 160 valence electrons. The number of hydrogen-bond acceptors (Lipinski definition) is 3. The molecule has 0 spiro atoms. The average Bonchev–Trinajstić information content (AvgIpc) is 3.03. The monoisotopic (exact) mass is 407 g/mol. The first-order valence-electron chi connectivity index (χ1n) is 11.0. The first-order valence-corrected chi connectivity index (χ1v) is 11.0. The summed E-state index contributed by atoms with van der Waals surface area (Å²) < 4.78 is 0. The van der Waals surface area contributed by atoms with Gasteiger partial charge in [0.05, 0.1) is 0 Å². The van der Waals surface area contributed by atoms with Gasteiger partial charge in [0.15, 0.2) is 0 Å². The van der Waals surface area contributed by atoms with Crippen LogP contribution in [0, 0.1) is 13.8 Å². The number of para-hydroxylation sites is 1. The summed E-state index contributed by atoms with van der Waals surface area (Å²) in [6.45, 7) is 6.61. The summed E-state index contributed by atoms with van der Waals surface area (Å²) in [6.07, 6.45) is 6.90. The molecule has 2 amide bonds. The van der Waals surface area contributed by atoms with Gasteiger partial charge < -0.3 is 15.5 Å². The summed E-state index contributed by atoms with van der Waals surface area (Å²) in [5.74, 6) is -1.21. The van der Waals surface area contributed by atoms with Crippen LogP contribution in [0.2, 0.25) is 0 Å². The fourth-order valence-corrected chi connectivity index (χ4v) is 3.96. The molecule has 0 saturated carbocycles. The molecule has 3 rings (SSSR count). The first-order chi connectivity index (χ1) is 14.5. The van der Waals surface area contributed by atoms with Crippen molar-refractivity contribution in [2.24, 2.45) is 0 Å². The number of aryl methyl sites for hydroxylation is 3. The van der Waals surface area contributed by atoms with Crippen LogP contribution in [0.5, 0.6) is 0 Å². The minimum Gasteiger partial charge on any atom is -0.372 e. The van der Waals surface area contributed by atoms with Crippen LogP contribution in [0.4, 0.5) is 11.4 Å². The van der Waals surface area contributed by atoms with Crippen LogP contribution in [0.1, 0.15) is 48.8 Å². The number of nitrogens with zero attached hydrogens (tertiary/aromatic N) is 1. The van der Waals surface area contributed by atoms with Crippen molar-refractivity contribution < 1.29 is 9.59 Å². The van der Waals surface area contributed by atoms with Crippen LogP contribution in [-0.2, 0) is 16.0 Å². The van der Waals surface area contributed by atoms with Gasteiger partial charge in [-0.25, -0.2) is 0 Å². The molecule has 0 bridgehead atoms. The van der Waals surface area contributed by atoms with Crippen molar-refractivity contribution in [2.75, 3.05) is 29.9 Å². The summed E-state index contributed by atoms with van der Waals surface area (Å²) in [7, 11) is 0. The molecule has 1 fully saturated rings. The van der Waals surface area contributed by atoms with Gasteiger partial charge in [-0.05, 0) is 68.4 Å². The molecule has 5 nitrogen and oxygen atoms in total. The number of benzene rings is 2. The predicted octanol–water partition coefficient (Wildman–Crippen LogP) is 4.37. The van der Waals surface area contributed by atoms with E-state index in [0.29, 0.717) is 12.2 Å². The fourth-order valence-electron chi connectivity index (χ4n) is 3.96. The van der Waals surface area contributed by atoms with Gasteiger partial charge in [-0.3, -0.25) is 9.59 Å². The fraction of sp³-hybridized carbons (Fsp3) is 0.440. The van der Waals surface area contributed by atoms with E-state index in [-0.39, 0.29) is 0 Å². The van der Waals surface area contributed by atoms with E-state index in [2.05, 4.69) is 39.8 Å². The zero-order valence-electron chi connectivity index (χ0n) is 18.2. The molecule has 1 aliphatic rings. The molecule has 2 aromatic rings. The maximum Gasteiger partial charge on any atom is 0.313 e. The Morgan fingerprint density at radius 2 is 1.50 bits per heavy atom. The number of amides is 2. The number of rotatable bonds is 6. The van der Waals surface area contributed by atoms with Gasteiger partial charge in [0.2, 0.25) is 0 Å². The molecule has 2 aromatic carbocycles. The van der Waals surface area contributed by atoms with E-state index in [1.165, 1.54) is 36.9 Å². The molecular weight excluding hydrogens is 374 g/mol. The third kappa shape index (κ3) is 6.09. The molecule has 0 unspecified atom stereocenters. The van der Waals surface area contributed by atoms with E-state index < -0.39 is 11.8 Å². The number of anilines is 2. The van der Waals surface area contributed by atoms with Gasteiger partial charge in [0.1, 0.15) is 0 Å². The third-order valence-electron chi connectivity index (χ3n) is 5.76. The number of hydrogen-bond donors (Lipinski definition) is 2. The quantitative estimate of drug-likeness (QED) is 0.552. The number of carbonyl (C=O) groups is 2. The van der Waals surface area contributed by atoms with Crippen LogP contribution in [0.15, 0.2) is 42.5 Å². The summed E-state index contributed by atoms with van der Waals surface area (Å²) in [6, 6.07) is 14.5. The highest BCUT2D eigenvalue weighted by Crippen LogP contribution is 2.21. The molecule has 1 aliphatic heterocycles. The molecule has 1 heterocycles. The third-order valence-corrected chi connectivity index (χ3v) is 5.76. The maximum absolute atomic E-state index is 12.2. The molecule has 1 saturated heterocycles. The second-order valence-corrected chi connectivity index (χ2v) is 8.15. The number of nitrogens with one attached hydrogen (secondary N) is 2. The Hall–Kier alpha value is -2.82. The van der Waals surface area contributed by atoms with Gasteiger partial charge in [0.25, 0.3) is 0 Å². The lowest BCUT2D eigenvalue weighted by Gasteiger charge is -2.22. The second-order valence-electron chi connectivity index (χ2n) is 8.15. The van der Waals surface area contributed by atoms with Gasteiger partial charge in [0, 0.05) is 31.0 Å². The molecule has 0 atom stereocenters. The summed E-state index contributed by atoms with van der Waals surface area (Å²) >= 11 is 0. The van der Waals surface area contributed by atoms with Crippen molar-refractivity contribution in [2.45, 2.75) is 52.4 Å². The highest BCUT2D eigenvalue weighted by Gasteiger charge is 2.15. The summed E-state index contributed by atoms with van der Waals surface area (Å²) in [4.78, 5) is 26.7. The molecule has 5 heteroatoms. The SMILES string of the molecule is Cc1cccc(C)c1NC(=O)C(=O)NCCCc1ccc(N2CCCCCC2)cc1. The minimum atomic E-state index is -0.616. The smallest absolute Gasteiger partial charge is 0.313 e. The Bertz CT molecular complexity index is 833. The topological polar surface area (TPSA) is 61.4 Å². The van der Waals surface area contributed by atoms with E-state index in [1.807, 2.05) is 32.0 Å². The van der Waals surface area contributed by atoms with E-state index in [1.54, 1.807) is 0 Å². The van der Waals surface area contributed by atoms with Crippen molar-refractivity contribution in [1.29, 1.82) is 0 Å². The van der Waals surface area contributed by atoms with E-state index in [0.717, 1.165) is 37.1 Å². The zero-order valence-corrected chi connectivity index (χ0v) is 18.2. The highest BCUT2D eigenvalue weighted by molar-refractivity contribution is 6.39. The van der Waals surface area contributed by atoms with Gasteiger partial charge in [-0.2, -0.15) is 0 Å². The van der Waals surface area contributed by atoms with E-state index >= 15 is 0 Å².